The fourth-order valence-corrected chi connectivity index (χ4v) is 3.33. The van der Waals surface area contributed by atoms with Gasteiger partial charge in [0.2, 0.25) is 0 Å². The van der Waals surface area contributed by atoms with Gasteiger partial charge < -0.3 is 15.5 Å². The fraction of sp³-hybridized carbons (Fsp3) is 0.375. The number of tetrazole rings is 1. The highest BCUT2D eigenvalue weighted by atomic mass is 16.4. The molecule has 1 fully saturated rings. The molecule has 0 saturated carbocycles. The van der Waals surface area contributed by atoms with Crippen molar-refractivity contribution in [2.24, 2.45) is 5.92 Å². The largest absolute Gasteiger partial charge is 0.481 e. The van der Waals surface area contributed by atoms with Crippen molar-refractivity contribution in [3.63, 3.8) is 0 Å². The average Bonchev–Trinajstić information content (AvgIpc) is 3.33. The minimum absolute atomic E-state index is 0.347. The number of pyridine rings is 1. The number of nitrogens with one attached hydrogen (secondary N) is 2. The molecule has 1 atom stereocenters. The number of β-amino-alcohol motifs (C(OH)–C–C–N with tert-alkyl or cyclic N) is 1. The number of hydrogen-bond acceptors (Lipinski definition) is 7. The third-order valence-electron chi connectivity index (χ3n) is 5.31. The van der Waals surface area contributed by atoms with Crippen LogP contribution in [-0.4, -0.2) is 54.9 Å². The summed E-state index contributed by atoms with van der Waals surface area (Å²) in [5.41, 5.74) is 3.55. The first-order chi connectivity index (χ1) is 15.9. The van der Waals surface area contributed by atoms with E-state index in [2.05, 4.69) is 49.8 Å². The molecule has 0 spiro atoms. The smallest absolute Gasteiger partial charge is 0.306 e. The highest BCUT2D eigenvalue weighted by Gasteiger charge is 2.35. The monoisotopic (exact) mass is 450 g/mol. The molecule has 0 aliphatic carbocycles. The number of aliphatic carboxylic acids is 1. The Hall–Kier alpha value is -3.61. The maximum atomic E-state index is 10.7. The zero-order valence-electron chi connectivity index (χ0n) is 18.9. The minimum Gasteiger partial charge on any atom is -0.481 e. The first kappa shape index (κ1) is 25.6. The number of terminal acetylenes is 1. The van der Waals surface area contributed by atoms with Crippen LogP contribution in [0.1, 0.15) is 36.8 Å². The van der Waals surface area contributed by atoms with Gasteiger partial charge in [0.25, 0.3) is 0 Å². The highest BCUT2D eigenvalue weighted by Crippen LogP contribution is 2.27. The summed E-state index contributed by atoms with van der Waals surface area (Å²) in [6.07, 6.45) is 11.7. The summed E-state index contributed by atoms with van der Waals surface area (Å²) in [6, 6.07) is 12.1. The predicted molar refractivity (Wildman–Crippen MR) is 125 cm³/mol. The summed E-state index contributed by atoms with van der Waals surface area (Å²) in [5, 5.41) is 35.2. The zero-order valence-corrected chi connectivity index (χ0v) is 18.9. The molecule has 4 N–H and O–H groups in total. The quantitative estimate of drug-likeness (QED) is 0.403. The van der Waals surface area contributed by atoms with E-state index in [0.717, 1.165) is 28.8 Å². The van der Waals surface area contributed by atoms with E-state index in [1.807, 2.05) is 50.4 Å². The maximum Gasteiger partial charge on any atom is 0.306 e. The molecule has 3 heterocycles. The lowest BCUT2D eigenvalue weighted by Crippen LogP contribution is -2.56. The Balaban J connectivity index is 0.000000228. The van der Waals surface area contributed by atoms with Crippen LogP contribution in [0, 0.1) is 25.7 Å². The molecule has 0 amide bonds. The number of benzene rings is 1. The Morgan fingerprint density at radius 1 is 1.15 bits per heavy atom. The van der Waals surface area contributed by atoms with Crippen LogP contribution in [-0.2, 0) is 16.8 Å². The molecule has 174 valence electrons. The second kappa shape index (κ2) is 12.4. The van der Waals surface area contributed by atoms with Gasteiger partial charge in [0.1, 0.15) is 5.60 Å². The van der Waals surface area contributed by atoms with Crippen LogP contribution in [0.15, 0.2) is 42.6 Å². The molecule has 4 rings (SSSR count). The number of aromatic amines is 1. The maximum absolute atomic E-state index is 10.7. The molecule has 1 aromatic carbocycles. The van der Waals surface area contributed by atoms with Crippen LogP contribution in [0.5, 0.6) is 0 Å². The van der Waals surface area contributed by atoms with Gasteiger partial charge in [-0.2, -0.15) is 5.21 Å². The van der Waals surface area contributed by atoms with E-state index in [0.29, 0.717) is 31.8 Å². The van der Waals surface area contributed by atoms with Crippen LogP contribution in [0.3, 0.4) is 0 Å². The van der Waals surface area contributed by atoms with Gasteiger partial charge in [-0.15, -0.1) is 23.0 Å². The Bertz CT molecular complexity index is 997. The summed E-state index contributed by atoms with van der Waals surface area (Å²) in [5.74, 6) is -0.741. The van der Waals surface area contributed by atoms with Gasteiger partial charge in [-0.05, 0) is 30.5 Å². The molecule has 1 aliphatic heterocycles. The van der Waals surface area contributed by atoms with Crippen LogP contribution in [0.25, 0.3) is 11.1 Å². The third kappa shape index (κ3) is 7.20. The minimum atomic E-state index is -0.799. The van der Waals surface area contributed by atoms with E-state index < -0.39 is 17.5 Å². The lowest BCUT2D eigenvalue weighted by Gasteiger charge is -2.38. The van der Waals surface area contributed by atoms with Crippen LogP contribution < -0.4 is 5.32 Å². The molecule has 1 saturated heterocycles. The van der Waals surface area contributed by atoms with E-state index in [9.17, 15) is 9.90 Å². The Morgan fingerprint density at radius 3 is 2.27 bits per heavy atom. The van der Waals surface area contributed by atoms with Crippen LogP contribution >= 0.6 is 0 Å². The molecular formula is C24H30N6O3. The standard InChI is InChI=1S/C15H16N2O.C7H12N4O2.C2H2/c1-11-2-3-13(8-17-11)12-4-6-14(7-5-12)15(18)9-16-10-15;1-2-3-5(7(12)13)4-6-8-10-11-9-6;1-2/h2-8,16,18H,9-10H2,1H3;5H,2-4H2,1H3,(H,12,13)(H,8,9,10,11);1-2H/t;5-;/m.0./s1. The summed E-state index contributed by atoms with van der Waals surface area (Å²) < 4.78 is 0. The SMILES string of the molecule is C#C.CCC[C@@H](Cc1nn[nH]n1)C(=O)O.Cc1ccc(-c2ccc(C3(O)CNC3)cc2)cn1. The van der Waals surface area contributed by atoms with E-state index in [-0.39, 0.29) is 0 Å². The number of carboxylic acids is 1. The van der Waals surface area contributed by atoms with Gasteiger partial charge in [0, 0.05) is 37.0 Å². The first-order valence-corrected chi connectivity index (χ1v) is 10.7. The van der Waals surface area contributed by atoms with Crippen molar-refractivity contribution in [1.29, 1.82) is 0 Å². The number of rotatable bonds is 7. The summed E-state index contributed by atoms with van der Waals surface area (Å²) in [6.45, 7) is 5.20. The molecule has 2 aromatic heterocycles. The fourth-order valence-electron chi connectivity index (χ4n) is 3.33. The normalized spacial score (nSPS) is 14.5. The lowest BCUT2D eigenvalue weighted by molar-refractivity contribution is -0.142. The van der Waals surface area contributed by atoms with Crippen molar-refractivity contribution in [3.8, 4) is 24.0 Å². The molecule has 9 heteroatoms. The number of carbonyl (C=O) groups is 1. The predicted octanol–water partition coefficient (Wildman–Crippen LogP) is 2.34. The summed E-state index contributed by atoms with van der Waals surface area (Å²) in [7, 11) is 0. The summed E-state index contributed by atoms with van der Waals surface area (Å²) in [4.78, 5) is 15.0. The summed E-state index contributed by atoms with van der Waals surface area (Å²) >= 11 is 0. The topological polar surface area (TPSA) is 137 Å². The zero-order chi connectivity index (χ0) is 24.3. The van der Waals surface area contributed by atoms with E-state index in [1.165, 1.54) is 0 Å². The van der Waals surface area contributed by atoms with E-state index >= 15 is 0 Å². The Labute approximate surface area is 193 Å². The van der Waals surface area contributed by atoms with Gasteiger partial charge >= 0.3 is 5.97 Å². The number of H-pyrrole nitrogens is 1. The highest BCUT2D eigenvalue weighted by molar-refractivity contribution is 5.70. The number of nitrogens with zero attached hydrogens (tertiary/aromatic N) is 4. The Morgan fingerprint density at radius 2 is 1.82 bits per heavy atom. The molecule has 0 bridgehead atoms. The van der Waals surface area contributed by atoms with Crippen molar-refractivity contribution in [3.05, 3.63) is 59.7 Å². The van der Waals surface area contributed by atoms with Crippen molar-refractivity contribution >= 4 is 5.97 Å². The van der Waals surface area contributed by atoms with Gasteiger partial charge in [-0.25, -0.2) is 0 Å². The molecule has 3 aromatic rings. The van der Waals surface area contributed by atoms with E-state index in [1.54, 1.807) is 0 Å². The molecule has 33 heavy (non-hydrogen) atoms. The Kier molecular flexibility index (Phi) is 9.66. The third-order valence-corrected chi connectivity index (χ3v) is 5.31. The van der Waals surface area contributed by atoms with Crippen LogP contribution in [0.2, 0.25) is 0 Å². The van der Waals surface area contributed by atoms with Crippen LogP contribution in [0.4, 0.5) is 0 Å². The second-order valence-electron chi connectivity index (χ2n) is 7.76. The second-order valence-corrected chi connectivity index (χ2v) is 7.76. The van der Waals surface area contributed by atoms with Crippen molar-refractivity contribution in [2.75, 3.05) is 13.1 Å². The van der Waals surface area contributed by atoms with Gasteiger partial charge in [0.15, 0.2) is 5.82 Å². The number of aliphatic hydroxyl groups is 1. The molecular weight excluding hydrogens is 420 g/mol. The van der Waals surface area contributed by atoms with Crippen molar-refractivity contribution < 1.29 is 15.0 Å². The van der Waals surface area contributed by atoms with Gasteiger partial charge in [-0.1, -0.05) is 48.9 Å². The molecule has 0 unspecified atom stereocenters. The molecule has 0 radical (unpaired) electrons. The number of aryl methyl sites for hydroxylation is 1. The first-order valence-electron chi connectivity index (χ1n) is 10.7. The van der Waals surface area contributed by atoms with E-state index in [4.69, 9.17) is 5.11 Å². The van der Waals surface area contributed by atoms with Crippen molar-refractivity contribution in [2.45, 2.75) is 38.7 Å². The molecule has 1 aliphatic rings. The number of hydrogen-bond donors (Lipinski definition) is 4. The lowest BCUT2D eigenvalue weighted by atomic mass is 9.87. The number of aromatic nitrogens is 5. The van der Waals surface area contributed by atoms with Gasteiger partial charge in [0.05, 0.1) is 5.92 Å². The van der Waals surface area contributed by atoms with Crippen molar-refractivity contribution in [1.82, 2.24) is 30.9 Å². The number of carboxylic acid groups (broad SMARTS) is 1. The van der Waals surface area contributed by atoms with Gasteiger partial charge in [-0.3, -0.25) is 9.78 Å². The molecule has 9 nitrogen and oxygen atoms in total. The average molecular weight is 451 g/mol.